The van der Waals surface area contributed by atoms with Crippen molar-refractivity contribution in [1.82, 2.24) is 0 Å². The van der Waals surface area contributed by atoms with E-state index in [2.05, 4.69) is 134 Å². The quantitative estimate of drug-likeness (QED) is 0.155. The zero-order valence-corrected chi connectivity index (χ0v) is 35.3. The van der Waals surface area contributed by atoms with Crippen molar-refractivity contribution in [3.63, 3.8) is 0 Å². The molecule has 2 aromatic heterocycles. The second-order valence-corrected chi connectivity index (χ2v) is 17.6. The van der Waals surface area contributed by atoms with Crippen LogP contribution in [0, 0.1) is 22.7 Å². The van der Waals surface area contributed by atoms with Crippen LogP contribution in [-0.4, -0.2) is 0 Å². The van der Waals surface area contributed by atoms with E-state index in [0.29, 0.717) is 11.1 Å². The summed E-state index contributed by atoms with van der Waals surface area (Å²) in [5, 5.41) is 30.7. The molecule has 0 aliphatic heterocycles. The van der Waals surface area contributed by atoms with Gasteiger partial charge in [0.05, 0.1) is 46.0 Å². The van der Waals surface area contributed by atoms with Crippen molar-refractivity contribution in [3.05, 3.63) is 193 Å². The Morgan fingerprint density at radius 1 is 0.406 bits per heavy atom. The number of anilines is 6. The van der Waals surface area contributed by atoms with Crippen LogP contribution in [0.3, 0.4) is 0 Å². The highest BCUT2D eigenvalue weighted by Gasteiger charge is 2.28. The number of para-hydroxylation sites is 4. The van der Waals surface area contributed by atoms with E-state index in [1.165, 1.54) is 10.9 Å². The molecule has 6 heteroatoms. The Balaban J connectivity index is 1.25. The van der Waals surface area contributed by atoms with Gasteiger partial charge in [-0.25, -0.2) is 0 Å². The van der Waals surface area contributed by atoms with Gasteiger partial charge in [0.25, 0.3) is 0 Å². The Labute approximate surface area is 368 Å². The summed E-state index contributed by atoms with van der Waals surface area (Å²) in [6, 6.07) is 65.1. The molecule has 302 valence electrons. The average Bonchev–Trinajstić information content (AvgIpc) is 3.91. The van der Waals surface area contributed by atoms with E-state index in [0.717, 1.165) is 105 Å². The number of furan rings is 2. The van der Waals surface area contributed by atoms with Gasteiger partial charge in [-0.1, -0.05) is 118 Å². The van der Waals surface area contributed by atoms with E-state index in [-0.39, 0.29) is 5.41 Å². The maximum absolute atomic E-state index is 9.95. The van der Waals surface area contributed by atoms with E-state index in [9.17, 15) is 10.5 Å². The van der Waals surface area contributed by atoms with Gasteiger partial charge in [-0.2, -0.15) is 10.5 Å². The molecule has 0 saturated carbocycles. The predicted octanol–water partition coefficient (Wildman–Crippen LogP) is 16.4. The molecule has 10 aromatic carbocycles. The molecule has 0 atom stereocenters. The van der Waals surface area contributed by atoms with Gasteiger partial charge in [-0.05, 0) is 106 Å². The van der Waals surface area contributed by atoms with Crippen molar-refractivity contribution < 1.29 is 8.83 Å². The van der Waals surface area contributed by atoms with Crippen molar-refractivity contribution in [2.45, 2.75) is 26.2 Å². The lowest BCUT2D eigenvalue weighted by molar-refractivity contribution is 0.591. The van der Waals surface area contributed by atoms with Gasteiger partial charge in [0.2, 0.25) is 0 Å². The van der Waals surface area contributed by atoms with Gasteiger partial charge in [0, 0.05) is 49.1 Å². The highest BCUT2D eigenvalue weighted by atomic mass is 16.3. The molecule has 2 heterocycles. The lowest BCUT2D eigenvalue weighted by Crippen LogP contribution is -2.15. The summed E-state index contributed by atoms with van der Waals surface area (Å²) in [4.78, 5) is 4.56. The summed E-state index contributed by atoms with van der Waals surface area (Å²) in [6.07, 6.45) is 0. The minimum atomic E-state index is -0.0594. The number of nitrogens with zero attached hydrogens (tertiary/aromatic N) is 4. The summed E-state index contributed by atoms with van der Waals surface area (Å²) >= 11 is 0. The molecule has 0 radical (unpaired) electrons. The summed E-state index contributed by atoms with van der Waals surface area (Å²) in [5.41, 5.74) is 10.8. The van der Waals surface area contributed by atoms with E-state index in [1.807, 2.05) is 84.9 Å². The summed E-state index contributed by atoms with van der Waals surface area (Å²) < 4.78 is 13.6. The molecule has 0 spiro atoms. The van der Waals surface area contributed by atoms with Crippen molar-refractivity contribution >= 4 is 110 Å². The molecule has 12 rings (SSSR count). The third-order valence-electron chi connectivity index (χ3n) is 12.8. The number of hydrogen-bond acceptors (Lipinski definition) is 6. The zero-order chi connectivity index (χ0) is 43.3. The molecule has 0 fully saturated rings. The first kappa shape index (κ1) is 37.2. The monoisotopic (exact) mass is 822 g/mol. The lowest BCUT2D eigenvalue weighted by atomic mass is 9.83. The van der Waals surface area contributed by atoms with E-state index < -0.39 is 0 Å². The second-order valence-electron chi connectivity index (χ2n) is 17.6. The molecule has 0 unspecified atom stereocenters. The minimum absolute atomic E-state index is 0.0594. The van der Waals surface area contributed by atoms with Gasteiger partial charge in [-0.15, -0.1) is 0 Å². The minimum Gasteiger partial charge on any atom is -0.454 e. The van der Waals surface area contributed by atoms with E-state index in [1.54, 1.807) is 0 Å². The summed E-state index contributed by atoms with van der Waals surface area (Å²) in [6.45, 7) is 6.79. The van der Waals surface area contributed by atoms with Crippen LogP contribution >= 0.6 is 0 Å². The number of hydrogen-bond donors (Lipinski definition) is 0. The molecule has 0 amide bonds. The molecule has 6 nitrogen and oxygen atoms in total. The van der Waals surface area contributed by atoms with Crippen LogP contribution in [-0.2, 0) is 5.41 Å². The Kier molecular flexibility index (Phi) is 8.12. The van der Waals surface area contributed by atoms with Crippen molar-refractivity contribution in [3.8, 4) is 12.1 Å². The molecular formula is C58H38N4O2. The highest BCUT2D eigenvalue weighted by molar-refractivity contribution is 6.29. The number of fused-ring (bicyclic) bond motifs is 6. The van der Waals surface area contributed by atoms with Gasteiger partial charge in [0.1, 0.15) is 11.2 Å². The number of nitriles is 2. The first-order valence-electron chi connectivity index (χ1n) is 21.4. The molecule has 0 aliphatic carbocycles. The Hall–Kier alpha value is -8.58. The SMILES string of the molecule is CC(C)(C)c1cc2ccc3c(N(c4ccc(C#N)cc4)c4cccc5c4oc4ccccc45)cc(N(c4ccc(C#N)cc4)c4cccc5c4oc4ccccc45)c4ccc(c1)c2c34. The van der Waals surface area contributed by atoms with Crippen LogP contribution < -0.4 is 9.80 Å². The maximum atomic E-state index is 9.95. The largest absolute Gasteiger partial charge is 0.454 e. The number of rotatable bonds is 6. The van der Waals surface area contributed by atoms with Gasteiger partial charge in [-0.3, -0.25) is 0 Å². The highest BCUT2D eigenvalue weighted by Crippen LogP contribution is 2.53. The summed E-state index contributed by atoms with van der Waals surface area (Å²) in [7, 11) is 0. The first-order valence-corrected chi connectivity index (χ1v) is 21.4. The zero-order valence-electron chi connectivity index (χ0n) is 35.3. The van der Waals surface area contributed by atoms with Gasteiger partial charge < -0.3 is 18.6 Å². The lowest BCUT2D eigenvalue weighted by Gasteiger charge is -2.32. The third kappa shape index (κ3) is 5.63. The van der Waals surface area contributed by atoms with E-state index in [4.69, 9.17) is 8.83 Å². The Bertz CT molecular complexity index is 3670. The fraction of sp³-hybridized carbons (Fsp3) is 0.0690. The predicted molar refractivity (Wildman–Crippen MR) is 262 cm³/mol. The standard InChI is InChI=1S/C58H38N4O2/c1-58(2,3)39-30-37-22-28-46-50(61(40-24-18-35(33-59)19-25-40)48-14-8-12-44-42-10-4-6-16-52(42)63-56(44)48)32-51(47-29-23-38(31-39)54(37)55(46)47)62(41-26-20-36(34-60)21-27-41)49-15-9-13-45-43-11-5-7-17-53(43)64-57(45)49/h4-32H,1-3H3. The topological polar surface area (TPSA) is 80.3 Å². The molecule has 0 aliphatic rings. The van der Waals surface area contributed by atoms with Crippen molar-refractivity contribution in [2.24, 2.45) is 0 Å². The molecular weight excluding hydrogens is 785 g/mol. The molecule has 12 aromatic rings. The molecule has 0 bridgehead atoms. The normalized spacial score (nSPS) is 12.0. The van der Waals surface area contributed by atoms with Crippen LogP contribution in [0.1, 0.15) is 37.5 Å². The maximum Gasteiger partial charge on any atom is 0.159 e. The van der Waals surface area contributed by atoms with Crippen LogP contribution in [0.15, 0.2) is 185 Å². The third-order valence-corrected chi connectivity index (χ3v) is 12.8. The smallest absolute Gasteiger partial charge is 0.159 e. The van der Waals surface area contributed by atoms with Crippen LogP contribution in [0.25, 0.3) is 76.2 Å². The van der Waals surface area contributed by atoms with Gasteiger partial charge in [0.15, 0.2) is 11.2 Å². The molecule has 0 N–H and O–H groups in total. The Morgan fingerprint density at radius 2 is 0.844 bits per heavy atom. The number of benzene rings is 10. The van der Waals surface area contributed by atoms with Crippen molar-refractivity contribution in [1.29, 1.82) is 10.5 Å². The fourth-order valence-corrected chi connectivity index (χ4v) is 9.68. The molecule has 64 heavy (non-hydrogen) atoms. The van der Waals surface area contributed by atoms with Crippen LogP contribution in [0.4, 0.5) is 34.1 Å². The first-order chi connectivity index (χ1) is 31.3. The Morgan fingerprint density at radius 3 is 1.28 bits per heavy atom. The molecule has 0 saturated heterocycles. The van der Waals surface area contributed by atoms with E-state index >= 15 is 0 Å². The summed E-state index contributed by atoms with van der Waals surface area (Å²) in [5.74, 6) is 0. The van der Waals surface area contributed by atoms with Crippen LogP contribution in [0.5, 0.6) is 0 Å². The second kappa shape index (κ2) is 14.0. The van der Waals surface area contributed by atoms with Crippen LogP contribution in [0.2, 0.25) is 0 Å². The van der Waals surface area contributed by atoms with Gasteiger partial charge >= 0.3 is 0 Å². The average molecular weight is 823 g/mol. The van der Waals surface area contributed by atoms with Crippen molar-refractivity contribution in [2.75, 3.05) is 9.80 Å². The fourth-order valence-electron chi connectivity index (χ4n) is 9.68.